The summed E-state index contributed by atoms with van der Waals surface area (Å²) in [5.41, 5.74) is 1.52. The molecule has 1 saturated carbocycles. The maximum atomic E-state index is 13.5. The van der Waals surface area contributed by atoms with Crippen LogP contribution >= 0.6 is 11.3 Å². The van der Waals surface area contributed by atoms with Gasteiger partial charge in [-0.3, -0.25) is 4.79 Å². The van der Waals surface area contributed by atoms with E-state index in [4.69, 9.17) is 4.74 Å². The minimum atomic E-state index is -3.55. The van der Waals surface area contributed by atoms with E-state index in [-0.39, 0.29) is 10.8 Å². The zero-order chi connectivity index (χ0) is 25.1. The Balaban J connectivity index is 1.37. The topological polar surface area (TPSA) is 114 Å². The Kier molecular flexibility index (Phi) is 7.52. The molecular formula is C25H31N5O4S2. The number of benzene rings is 1. The molecule has 1 amide bonds. The molecule has 9 nitrogen and oxygen atoms in total. The van der Waals surface area contributed by atoms with Crippen LogP contribution in [-0.2, 0) is 14.8 Å². The molecule has 11 heteroatoms. The zero-order valence-electron chi connectivity index (χ0n) is 20.3. The predicted octanol–water partition coefficient (Wildman–Crippen LogP) is 3.60. The lowest BCUT2D eigenvalue weighted by atomic mass is 9.87. The average molecular weight is 530 g/mol. The molecule has 1 unspecified atom stereocenters. The summed E-state index contributed by atoms with van der Waals surface area (Å²) in [4.78, 5) is 23.4. The van der Waals surface area contributed by atoms with Crippen LogP contribution in [-0.4, -0.2) is 61.9 Å². The molecule has 2 N–H and O–H groups in total. The van der Waals surface area contributed by atoms with Crippen molar-refractivity contribution >= 4 is 42.7 Å². The number of carbonyl (C=O) groups is 1. The summed E-state index contributed by atoms with van der Waals surface area (Å²) in [6, 6.07) is 10.4. The van der Waals surface area contributed by atoms with Crippen LogP contribution in [0.15, 0.2) is 41.3 Å². The molecule has 1 aliphatic carbocycles. The standard InChI is InChI=1S/C25H31N5O4S2/c1-34-22-11-10-21-24(28-22)35-25(27-21)29-23(31)20(16-17-4-2-3-5-17)18-6-8-19(9-7-18)36(32,33)30-14-12-26-13-15-30/h6-11,17,20,26H,2-5,12-16H2,1H3,(H,27,29,31). The summed E-state index contributed by atoms with van der Waals surface area (Å²) in [6.45, 7) is 2.21. The fourth-order valence-corrected chi connectivity index (χ4v) is 7.31. The molecule has 3 aromatic rings. The van der Waals surface area contributed by atoms with E-state index in [9.17, 15) is 13.2 Å². The highest BCUT2D eigenvalue weighted by Gasteiger charge is 2.29. The number of anilines is 1. The van der Waals surface area contributed by atoms with Gasteiger partial charge in [-0.2, -0.15) is 4.31 Å². The van der Waals surface area contributed by atoms with Crippen molar-refractivity contribution in [2.75, 3.05) is 38.6 Å². The van der Waals surface area contributed by atoms with Gasteiger partial charge in [0.15, 0.2) is 5.13 Å². The Labute approximate surface area is 215 Å². The fraction of sp³-hybridized carbons (Fsp3) is 0.480. The van der Waals surface area contributed by atoms with Crippen LogP contribution < -0.4 is 15.4 Å². The first-order valence-corrected chi connectivity index (χ1v) is 14.6. The summed E-state index contributed by atoms with van der Waals surface area (Å²) < 4.78 is 32.8. The quantitative estimate of drug-likeness (QED) is 0.458. The molecule has 2 fully saturated rings. The van der Waals surface area contributed by atoms with Gasteiger partial charge in [0.25, 0.3) is 0 Å². The van der Waals surface area contributed by atoms with E-state index in [1.807, 2.05) is 6.07 Å². The first-order valence-electron chi connectivity index (χ1n) is 12.4. The third-order valence-electron chi connectivity index (χ3n) is 7.03. The number of fused-ring (bicyclic) bond motifs is 1. The number of carbonyl (C=O) groups excluding carboxylic acids is 1. The average Bonchev–Trinajstić information content (AvgIpc) is 3.56. The monoisotopic (exact) mass is 529 g/mol. The van der Waals surface area contributed by atoms with Crippen molar-refractivity contribution in [1.29, 1.82) is 0 Å². The van der Waals surface area contributed by atoms with Crippen LogP contribution in [0.5, 0.6) is 5.88 Å². The smallest absolute Gasteiger partial charge is 0.243 e. The molecule has 1 saturated heterocycles. The van der Waals surface area contributed by atoms with Gasteiger partial charge in [0.05, 0.1) is 17.9 Å². The van der Waals surface area contributed by atoms with E-state index >= 15 is 0 Å². The summed E-state index contributed by atoms with van der Waals surface area (Å²) in [6.07, 6.45) is 5.33. The van der Waals surface area contributed by atoms with Crippen molar-refractivity contribution in [2.45, 2.75) is 42.9 Å². The van der Waals surface area contributed by atoms with Crippen LogP contribution in [0.4, 0.5) is 5.13 Å². The molecule has 0 bridgehead atoms. The second-order valence-electron chi connectivity index (χ2n) is 9.35. The number of sulfonamides is 1. The predicted molar refractivity (Wildman–Crippen MR) is 140 cm³/mol. The number of ether oxygens (including phenoxy) is 1. The Morgan fingerprint density at radius 1 is 1.14 bits per heavy atom. The van der Waals surface area contributed by atoms with Gasteiger partial charge < -0.3 is 15.4 Å². The van der Waals surface area contributed by atoms with E-state index < -0.39 is 15.9 Å². The van der Waals surface area contributed by atoms with Gasteiger partial charge in [-0.1, -0.05) is 49.2 Å². The number of piperazine rings is 1. The van der Waals surface area contributed by atoms with Crippen molar-refractivity contribution < 1.29 is 17.9 Å². The second-order valence-corrected chi connectivity index (χ2v) is 12.3. The maximum Gasteiger partial charge on any atom is 0.243 e. The Morgan fingerprint density at radius 3 is 2.56 bits per heavy atom. The number of nitrogens with zero attached hydrogens (tertiary/aromatic N) is 3. The first kappa shape index (κ1) is 25.1. The number of thiazole rings is 1. The molecule has 1 aliphatic heterocycles. The van der Waals surface area contributed by atoms with E-state index in [0.717, 1.165) is 24.8 Å². The van der Waals surface area contributed by atoms with Crippen LogP contribution in [0.25, 0.3) is 10.3 Å². The number of aromatic nitrogens is 2. The van der Waals surface area contributed by atoms with Crippen molar-refractivity contribution in [1.82, 2.24) is 19.6 Å². The van der Waals surface area contributed by atoms with Gasteiger partial charge in [-0.15, -0.1) is 0 Å². The van der Waals surface area contributed by atoms with Crippen molar-refractivity contribution in [3.63, 3.8) is 0 Å². The molecule has 192 valence electrons. The number of methoxy groups -OCH3 is 1. The summed E-state index contributed by atoms with van der Waals surface area (Å²) >= 11 is 1.31. The summed E-state index contributed by atoms with van der Waals surface area (Å²) in [7, 11) is -1.99. The number of hydrogen-bond acceptors (Lipinski definition) is 8. The van der Waals surface area contributed by atoms with Crippen molar-refractivity contribution in [2.24, 2.45) is 5.92 Å². The number of hydrogen-bond donors (Lipinski definition) is 2. The highest BCUT2D eigenvalue weighted by Crippen LogP contribution is 2.36. The molecule has 0 radical (unpaired) electrons. The van der Waals surface area contributed by atoms with Crippen LogP contribution in [0, 0.1) is 5.92 Å². The Hall–Kier alpha value is -2.60. The molecule has 1 aromatic carbocycles. The van der Waals surface area contributed by atoms with E-state index in [1.165, 1.54) is 28.5 Å². The molecule has 36 heavy (non-hydrogen) atoms. The van der Waals surface area contributed by atoms with Gasteiger partial charge in [0.2, 0.25) is 21.8 Å². The van der Waals surface area contributed by atoms with Crippen LogP contribution in [0.2, 0.25) is 0 Å². The van der Waals surface area contributed by atoms with Gasteiger partial charge in [-0.25, -0.2) is 18.4 Å². The van der Waals surface area contributed by atoms with E-state index in [0.29, 0.717) is 53.5 Å². The lowest BCUT2D eigenvalue weighted by molar-refractivity contribution is -0.118. The Morgan fingerprint density at radius 2 is 1.86 bits per heavy atom. The van der Waals surface area contributed by atoms with Gasteiger partial charge in [-0.05, 0) is 36.1 Å². The second kappa shape index (κ2) is 10.8. The largest absolute Gasteiger partial charge is 0.481 e. The molecule has 3 heterocycles. The lowest BCUT2D eigenvalue weighted by Gasteiger charge is -2.27. The van der Waals surface area contributed by atoms with Crippen molar-refractivity contribution in [3.05, 3.63) is 42.0 Å². The SMILES string of the molecule is COc1ccc2nc(NC(=O)C(CC3CCCC3)c3ccc(S(=O)(=O)N4CCNCC4)cc3)sc2n1. The molecule has 5 rings (SSSR count). The first-order chi connectivity index (χ1) is 17.4. The third-order valence-corrected chi connectivity index (χ3v) is 9.82. The van der Waals surface area contributed by atoms with Crippen molar-refractivity contribution in [3.8, 4) is 5.88 Å². The highest BCUT2D eigenvalue weighted by molar-refractivity contribution is 7.89. The van der Waals surface area contributed by atoms with E-state index in [1.54, 1.807) is 37.4 Å². The molecular weight excluding hydrogens is 498 g/mol. The van der Waals surface area contributed by atoms with Crippen LogP contribution in [0.3, 0.4) is 0 Å². The number of rotatable bonds is 8. The van der Waals surface area contributed by atoms with Gasteiger partial charge in [0, 0.05) is 32.2 Å². The lowest BCUT2D eigenvalue weighted by Crippen LogP contribution is -2.46. The fourth-order valence-electron chi connectivity index (χ4n) is 5.04. The minimum Gasteiger partial charge on any atom is -0.481 e. The summed E-state index contributed by atoms with van der Waals surface area (Å²) in [5.74, 6) is 0.453. The normalized spacial score (nSPS) is 18.4. The molecule has 0 spiro atoms. The number of nitrogens with one attached hydrogen (secondary N) is 2. The Bertz CT molecular complexity index is 1310. The number of amides is 1. The van der Waals surface area contributed by atoms with Gasteiger partial charge in [0.1, 0.15) is 10.3 Å². The molecule has 2 aliphatic rings. The zero-order valence-corrected chi connectivity index (χ0v) is 21.9. The maximum absolute atomic E-state index is 13.5. The summed E-state index contributed by atoms with van der Waals surface area (Å²) in [5, 5.41) is 6.66. The van der Waals surface area contributed by atoms with Crippen LogP contribution in [0.1, 0.15) is 43.6 Å². The minimum absolute atomic E-state index is 0.134. The van der Waals surface area contributed by atoms with Gasteiger partial charge >= 0.3 is 0 Å². The molecule has 1 atom stereocenters. The number of pyridine rings is 1. The molecule has 2 aromatic heterocycles. The van der Waals surface area contributed by atoms with E-state index in [2.05, 4.69) is 20.6 Å². The third kappa shape index (κ3) is 5.39. The highest BCUT2D eigenvalue weighted by atomic mass is 32.2.